The van der Waals surface area contributed by atoms with Gasteiger partial charge < -0.3 is 10.2 Å². The molecule has 0 spiro atoms. The van der Waals surface area contributed by atoms with Crippen molar-refractivity contribution in [3.05, 3.63) is 59.9 Å². The molecule has 3 nitrogen and oxygen atoms in total. The zero-order chi connectivity index (χ0) is 13.9. The lowest BCUT2D eigenvalue weighted by atomic mass is 10.0. The SMILES string of the molecule is CN1CCCN/C1=C\C(=O)c1cccc2ccccc12. The number of ketones is 1. The average Bonchev–Trinajstić information content (AvgIpc) is 2.49. The summed E-state index contributed by atoms with van der Waals surface area (Å²) in [4.78, 5) is 14.6. The van der Waals surface area contributed by atoms with Crippen molar-refractivity contribution >= 4 is 16.6 Å². The molecule has 3 rings (SSSR count). The van der Waals surface area contributed by atoms with Crippen molar-refractivity contribution in [2.45, 2.75) is 6.42 Å². The van der Waals surface area contributed by atoms with Crippen molar-refractivity contribution in [2.75, 3.05) is 20.1 Å². The lowest BCUT2D eigenvalue weighted by molar-refractivity contribution is 0.104. The normalized spacial score (nSPS) is 17.2. The molecule has 0 atom stereocenters. The Hall–Kier alpha value is -2.29. The summed E-state index contributed by atoms with van der Waals surface area (Å²) in [5, 5.41) is 5.39. The molecular formula is C17H18N2O. The highest BCUT2D eigenvalue weighted by atomic mass is 16.1. The molecule has 0 unspecified atom stereocenters. The van der Waals surface area contributed by atoms with Crippen molar-refractivity contribution < 1.29 is 4.79 Å². The van der Waals surface area contributed by atoms with Crippen LogP contribution in [0.2, 0.25) is 0 Å². The summed E-state index contributed by atoms with van der Waals surface area (Å²) < 4.78 is 0. The molecule has 0 amide bonds. The summed E-state index contributed by atoms with van der Waals surface area (Å²) in [6.07, 6.45) is 2.82. The van der Waals surface area contributed by atoms with E-state index in [4.69, 9.17) is 0 Å². The van der Waals surface area contributed by atoms with Crippen LogP contribution in [0, 0.1) is 0 Å². The third-order valence-electron chi connectivity index (χ3n) is 3.71. The highest BCUT2D eigenvalue weighted by Crippen LogP contribution is 2.20. The van der Waals surface area contributed by atoms with E-state index in [-0.39, 0.29) is 5.78 Å². The smallest absolute Gasteiger partial charge is 0.190 e. The molecule has 1 heterocycles. The molecule has 102 valence electrons. The fourth-order valence-corrected chi connectivity index (χ4v) is 2.59. The van der Waals surface area contributed by atoms with Crippen LogP contribution in [-0.2, 0) is 0 Å². The number of fused-ring (bicyclic) bond motifs is 1. The second-order valence-corrected chi connectivity index (χ2v) is 5.12. The molecule has 0 radical (unpaired) electrons. The molecule has 2 aromatic carbocycles. The Morgan fingerprint density at radius 1 is 1.20 bits per heavy atom. The zero-order valence-corrected chi connectivity index (χ0v) is 11.6. The minimum absolute atomic E-state index is 0.0538. The van der Waals surface area contributed by atoms with E-state index in [0.29, 0.717) is 0 Å². The summed E-state index contributed by atoms with van der Waals surface area (Å²) in [6.45, 7) is 1.92. The third-order valence-corrected chi connectivity index (χ3v) is 3.71. The van der Waals surface area contributed by atoms with Gasteiger partial charge in [-0.3, -0.25) is 4.79 Å². The molecule has 1 N–H and O–H groups in total. The van der Waals surface area contributed by atoms with E-state index in [1.807, 2.05) is 49.5 Å². The van der Waals surface area contributed by atoms with E-state index in [2.05, 4.69) is 10.2 Å². The molecule has 2 aromatic rings. The number of hydrogen-bond donors (Lipinski definition) is 1. The molecule has 0 aromatic heterocycles. The molecule has 1 saturated heterocycles. The third kappa shape index (κ3) is 2.39. The first-order chi connectivity index (χ1) is 9.75. The second-order valence-electron chi connectivity index (χ2n) is 5.12. The first-order valence-corrected chi connectivity index (χ1v) is 6.94. The van der Waals surface area contributed by atoms with Crippen LogP contribution in [0.15, 0.2) is 54.4 Å². The van der Waals surface area contributed by atoms with Gasteiger partial charge in [0.2, 0.25) is 0 Å². The number of nitrogens with one attached hydrogen (secondary N) is 1. The molecule has 20 heavy (non-hydrogen) atoms. The minimum Gasteiger partial charge on any atom is -0.372 e. The maximum Gasteiger partial charge on any atom is 0.190 e. The molecule has 0 aliphatic carbocycles. The quantitative estimate of drug-likeness (QED) is 0.670. The summed E-state index contributed by atoms with van der Waals surface area (Å²) in [5.41, 5.74) is 0.761. The number of carbonyl (C=O) groups is 1. The lowest BCUT2D eigenvalue weighted by Crippen LogP contribution is -2.37. The highest BCUT2D eigenvalue weighted by Gasteiger charge is 2.13. The van der Waals surface area contributed by atoms with Gasteiger partial charge >= 0.3 is 0 Å². The fourth-order valence-electron chi connectivity index (χ4n) is 2.59. The molecule has 3 heteroatoms. The summed E-state index contributed by atoms with van der Waals surface area (Å²) >= 11 is 0. The van der Waals surface area contributed by atoms with Gasteiger partial charge in [0.15, 0.2) is 5.78 Å². The molecule has 1 fully saturated rings. The van der Waals surface area contributed by atoms with Crippen molar-refractivity contribution in [3.8, 4) is 0 Å². The second kappa shape index (κ2) is 5.37. The first kappa shape index (κ1) is 12.7. The van der Waals surface area contributed by atoms with Crippen molar-refractivity contribution in [3.63, 3.8) is 0 Å². The predicted molar refractivity (Wildman–Crippen MR) is 81.6 cm³/mol. The number of rotatable bonds is 2. The van der Waals surface area contributed by atoms with Crippen molar-refractivity contribution in [1.82, 2.24) is 10.2 Å². The van der Waals surface area contributed by atoms with Crippen LogP contribution in [0.5, 0.6) is 0 Å². The molecule has 0 bridgehead atoms. The Bertz CT molecular complexity index is 670. The Labute approximate surface area is 118 Å². The van der Waals surface area contributed by atoms with E-state index in [1.165, 1.54) is 0 Å². The van der Waals surface area contributed by atoms with Gasteiger partial charge in [-0.05, 0) is 17.2 Å². The monoisotopic (exact) mass is 266 g/mol. The Balaban J connectivity index is 1.98. The van der Waals surface area contributed by atoms with Gasteiger partial charge in [-0.15, -0.1) is 0 Å². The van der Waals surface area contributed by atoms with Gasteiger partial charge in [-0.1, -0.05) is 42.5 Å². The number of benzene rings is 2. The minimum atomic E-state index is 0.0538. The van der Waals surface area contributed by atoms with Gasteiger partial charge in [0.1, 0.15) is 5.82 Å². The van der Waals surface area contributed by atoms with Crippen LogP contribution in [0.1, 0.15) is 16.8 Å². The van der Waals surface area contributed by atoms with Crippen LogP contribution in [0.3, 0.4) is 0 Å². The highest BCUT2D eigenvalue weighted by molar-refractivity contribution is 6.13. The number of hydrogen-bond acceptors (Lipinski definition) is 3. The topological polar surface area (TPSA) is 32.3 Å². The van der Waals surface area contributed by atoms with Crippen LogP contribution < -0.4 is 5.32 Å². The lowest BCUT2D eigenvalue weighted by Gasteiger charge is -2.28. The van der Waals surface area contributed by atoms with Gasteiger partial charge in [0, 0.05) is 31.8 Å². The van der Waals surface area contributed by atoms with Crippen LogP contribution in [0.25, 0.3) is 10.8 Å². The summed E-state index contributed by atoms with van der Waals surface area (Å²) in [6, 6.07) is 13.9. The fraction of sp³-hybridized carbons (Fsp3) is 0.235. The standard InChI is InChI=1S/C17H18N2O/c1-19-11-5-10-18-17(19)12-16(20)15-9-4-7-13-6-2-3-8-14(13)15/h2-4,6-9,12,18H,5,10-11H2,1H3/b17-12+. The van der Waals surface area contributed by atoms with Crippen LogP contribution >= 0.6 is 0 Å². The molecule has 0 saturated carbocycles. The maximum absolute atomic E-state index is 12.5. The van der Waals surface area contributed by atoms with Gasteiger partial charge in [0.25, 0.3) is 0 Å². The van der Waals surface area contributed by atoms with Gasteiger partial charge in [-0.2, -0.15) is 0 Å². The largest absolute Gasteiger partial charge is 0.372 e. The Morgan fingerprint density at radius 2 is 2.00 bits per heavy atom. The van der Waals surface area contributed by atoms with Crippen LogP contribution in [0.4, 0.5) is 0 Å². The Morgan fingerprint density at radius 3 is 2.85 bits per heavy atom. The number of allylic oxidation sites excluding steroid dienone is 1. The molecular weight excluding hydrogens is 248 g/mol. The van der Waals surface area contributed by atoms with Gasteiger partial charge in [0.05, 0.1) is 0 Å². The summed E-state index contributed by atoms with van der Waals surface area (Å²) in [5.74, 6) is 0.965. The van der Waals surface area contributed by atoms with E-state index < -0.39 is 0 Å². The maximum atomic E-state index is 12.5. The van der Waals surface area contributed by atoms with Crippen LogP contribution in [-0.4, -0.2) is 30.8 Å². The van der Waals surface area contributed by atoms with Crippen molar-refractivity contribution in [1.29, 1.82) is 0 Å². The molecule has 1 aliphatic rings. The van der Waals surface area contributed by atoms with E-state index in [1.54, 1.807) is 6.08 Å². The molecule has 1 aliphatic heterocycles. The van der Waals surface area contributed by atoms with E-state index in [9.17, 15) is 4.79 Å². The van der Waals surface area contributed by atoms with E-state index >= 15 is 0 Å². The van der Waals surface area contributed by atoms with Gasteiger partial charge in [-0.25, -0.2) is 0 Å². The first-order valence-electron chi connectivity index (χ1n) is 6.94. The van der Waals surface area contributed by atoms with Crippen molar-refractivity contribution in [2.24, 2.45) is 0 Å². The number of carbonyl (C=O) groups excluding carboxylic acids is 1. The van der Waals surface area contributed by atoms with E-state index in [0.717, 1.165) is 41.7 Å². The average molecular weight is 266 g/mol. The Kier molecular flexibility index (Phi) is 3.42. The summed E-state index contributed by atoms with van der Waals surface area (Å²) in [7, 11) is 2.01. The number of nitrogens with zero attached hydrogens (tertiary/aromatic N) is 1. The predicted octanol–water partition coefficient (Wildman–Crippen LogP) is 2.79. The zero-order valence-electron chi connectivity index (χ0n) is 11.6.